The third kappa shape index (κ3) is 3.07. The fraction of sp³-hybridized carbons (Fsp3) is 0.500. The van der Waals surface area contributed by atoms with Gasteiger partial charge in [0, 0.05) is 17.0 Å². The highest BCUT2D eigenvalue weighted by atomic mass is 32.1. The quantitative estimate of drug-likeness (QED) is 0.883. The van der Waals surface area contributed by atoms with Crippen molar-refractivity contribution >= 4 is 23.0 Å². The lowest BCUT2D eigenvalue weighted by Crippen LogP contribution is -2.11. The number of nitrogens with one attached hydrogen (secondary N) is 2. The molecular formula is C14H21N5S. The number of thiazole rings is 1. The van der Waals surface area contributed by atoms with E-state index >= 15 is 0 Å². The lowest BCUT2D eigenvalue weighted by molar-refractivity contribution is 0.873. The molecule has 0 amide bonds. The van der Waals surface area contributed by atoms with Crippen LogP contribution in [-0.2, 0) is 0 Å². The van der Waals surface area contributed by atoms with Crippen molar-refractivity contribution in [2.24, 2.45) is 0 Å². The molecule has 0 radical (unpaired) electrons. The van der Waals surface area contributed by atoms with Gasteiger partial charge in [0.05, 0.1) is 16.7 Å². The third-order valence-electron chi connectivity index (χ3n) is 3.11. The Bertz CT molecular complexity index is 593. The molecule has 1 unspecified atom stereocenters. The van der Waals surface area contributed by atoms with Crippen LogP contribution in [-0.4, -0.2) is 21.5 Å². The fourth-order valence-electron chi connectivity index (χ4n) is 2.16. The van der Waals surface area contributed by atoms with E-state index in [4.69, 9.17) is 0 Å². The van der Waals surface area contributed by atoms with Gasteiger partial charge in [0.15, 0.2) is 0 Å². The Hall–Kier alpha value is -1.69. The number of rotatable bonds is 5. The lowest BCUT2D eigenvalue weighted by Gasteiger charge is -2.16. The van der Waals surface area contributed by atoms with Gasteiger partial charge in [-0.25, -0.2) is 15.0 Å². The molecule has 2 aromatic rings. The lowest BCUT2D eigenvalue weighted by atomic mass is 10.2. The second-order valence-corrected chi connectivity index (χ2v) is 6.01. The minimum Gasteiger partial charge on any atom is -0.370 e. The summed E-state index contributed by atoms with van der Waals surface area (Å²) in [6.45, 7) is 11.1. The molecule has 20 heavy (non-hydrogen) atoms. The highest BCUT2D eigenvalue weighted by molar-refractivity contribution is 7.11. The summed E-state index contributed by atoms with van der Waals surface area (Å²) in [5.41, 5.74) is 2.13. The molecule has 0 aliphatic rings. The molecule has 5 nitrogen and oxygen atoms in total. The zero-order valence-corrected chi connectivity index (χ0v) is 13.4. The molecular weight excluding hydrogens is 270 g/mol. The summed E-state index contributed by atoms with van der Waals surface area (Å²) in [5, 5.41) is 7.80. The molecule has 0 bridgehead atoms. The summed E-state index contributed by atoms with van der Waals surface area (Å²) in [6.07, 6.45) is 1.59. The standard InChI is InChI=1S/C14H21N5S/c1-6-15-13-8(2)14(17-7-16-13)19-10(4)12-9(3)18-11(5)20-12/h7,10H,6H2,1-5H3,(H2,15,16,17,19). The third-order valence-corrected chi connectivity index (χ3v) is 4.37. The van der Waals surface area contributed by atoms with Crippen LogP contribution in [0.25, 0.3) is 0 Å². The van der Waals surface area contributed by atoms with Crippen LogP contribution >= 0.6 is 11.3 Å². The molecule has 2 N–H and O–H groups in total. The van der Waals surface area contributed by atoms with E-state index in [2.05, 4.69) is 39.4 Å². The van der Waals surface area contributed by atoms with Crippen molar-refractivity contribution in [3.8, 4) is 0 Å². The van der Waals surface area contributed by atoms with Gasteiger partial charge < -0.3 is 10.6 Å². The molecule has 6 heteroatoms. The first-order valence-electron chi connectivity index (χ1n) is 6.78. The van der Waals surface area contributed by atoms with Crippen LogP contribution in [0.5, 0.6) is 0 Å². The second kappa shape index (κ2) is 6.17. The van der Waals surface area contributed by atoms with Gasteiger partial charge in [0.2, 0.25) is 0 Å². The minimum absolute atomic E-state index is 0.185. The maximum Gasteiger partial charge on any atom is 0.134 e. The second-order valence-electron chi connectivity index (χ2n) is 4.77. The van der Waals surface area contributed by atoms with Crippen molar-refractivity contribution in [3.63, 3.8) is 0 Å². The molecule has 108 valence electrons. The zero-order valence-electron chi connectivity index (χ0n) is 12.6. The molecule has 2 aromatic heterocycles. The van der Waals surface area contributed by atoms with Crippen LogP contribution in [0.3, 0.4) is 0 Å². The highest BCUT2D eigenvalue weighted by Crippen LogP contribution is 2.28. The normalized spacial score (nSPS) is 12.2. The van der Waals surface area contributed by atoms with Gasteiger partial charge in [-0.1, -0.05) is 0 Å². The van der Waals surface area contributed by atoms with Crippen LogP contribution in [0.2, 0.25) is 0 Å². The molecule has 0 aliphatic heterocycles. The van der Waals surface area contributed by atoms with Gasteiger partial charge in [-0.2, -0.15) is 0 Å². The first-order valence-corrected chi connectivity index (χ1v) is 7.60. The predicted octanol–water partition coefficient (Wildman–Crippen LogP) is 3.46. The van der Waals surface area contributed by atoms with Crippen molar-refractivity contribution < 1.29 is 0 Å². The van der Waals surface area contributed by atoms with Crippen LogP contribution < -0.4 is 10.6 Å². The van der Waals surface area contributed by atoms with Crippen molar-refractivity contribution in [2.75, 3.05) is 17.2 Å². The summed E-state index contributed by atoms with van der Waals surface area (Å²) in [5.74, 6) is 1.75. The Kier molecular flexibility index (Phi) is 4.54. The Morgan fingerprint density at radius 1 is 1.20 bits per heavy atom. The van der Waals surface area contributed by atoms with Crippen LogP contribution in [0, 0.1) is 20.8 Å². The SMILES string of the molecule is CCNc1ncnc(NC(C)c2sc(C)nc2C)c1C. The zero-order chi connectivity index (χ0) is 14.7. The maximum absolute atomic E-state index is 4.48. The van der Waals surface area contributed by atoms with Crippen molar-refractivity contribution in [1.82, 2.24) is 15.0 Å². The largest absolute Gasteiger partial charge is 0.370 e. The molecule has 0 spiro atoms. The number of nitrogens with zero attached hydrogens (tertiary/aromatic N) is 3. The first-order chi connectivity index (χ1) is 9.52. The number of anilines is 2. The average molecular weight is 291 g/mol. The topological polar surface area (TPSA) is 62.7 Å². The number of hydrogen-bond donors (Lipinski definition) is 2. The minimum atomic E-state index is 0.185. The van der Waals surface area contributed by atoms with E-state index in [0.29, 0.717) is 0 Å². The highest BCUT2D eigenvalue weighted by Gasteiger charge is 2.15. The van der Waals surface area contributed by atoms with Gasteiger partial charge >= 0.3 is 0 Å². The van der Waals surface area contributed by atoms with Gasteiger partial charge in [-0.3, -0.25) is 0 Å². The van der Waals surface area contributed by atoms with Gasteiger partial charge in [-0.15, -0.1) is 11.3 Å². The molecule has 0 aliphatic carbocycles. The van der Waals surface area contributed by atoms with Crippen molar-refractivity contribution in [1.29, 1.82) is 0 Å². The van der Waals surface area contributed by atoms with Gasteiger partial charge in [0.1, 0.15) is 18.0 Å². The molecule has 0 aromatic carbocycles. The molecule has 2 rings (SSSR count). The molecule has 0 saturated carbocycles. The van der Waals surface area contributed by atoms with Crippen molar-refractivity contribution in [3.05, 3.63) is 27.5 Å². The van der Waals surface area contributed by atoms with Crippen molar-refractivity contribution in [2.45, 2.75) is 40.7 Å². The molecule has 1 atom stereocenters. The van der Waals surface area contributed by atoms with Crippen LogP contribution in [0.4, 0.5) is 11.6 Å². The Morgan fingerprint density at radius 2 is 1.90 bits per heavy atom. The Labute approximate surface area is 123 Å². The van der Waals surface area contributed by atoms with E-state index in [1.165, 1.54) is 4.88 Å². The van der Waals surface area contributed by atoms with Gasteiger partial charge in [0.25, 0.3) is 0 Å². The van der Waals surface area contributed by atoms with E-state index in [0.717, 1.165) is 34.4 Å². The number of aromatic nitrogens is 3. The average Bonchev–Trinajstić information content (AvgIpc) is 2.73. The maximum atomic E-state index is 4.48. The van der Waals surface area contributed by atoms with Gasteiger partial charge in [-0.05, 0) is 34.6 Å². The van der Waals surface area contributed by atoms with E-state index < -0.39 is 0 Å². The fourth-order valence-corrected chi connectivity index (χ4v) is 3.09. The summed E-state index contributed by atoms with van der Waals surface area (Å²) >= 11 is 1.73. The summed E-state index contributed by atoms with van der Waals surface area (Å²) < 4.78 is 0. The predicted molar refractivity (Wildman–Crippen MR) is 84.6 cm³/mol. The van der Waals surface area contributed by atoms with E-state index in [-0.39, 0.29) is 6.04 Å². The monoisotopic (exact) mass is 291 g/mol. The molecule has 0 fully saturated rings. The smallest absolute Gasteiger partial charge is 0.134 e. The number of aryl methyl sites for hydroxylation is 2. The Morgan fingerprint density at radius 3 is 2.50 bits per heavy atom. The van der Waals surface area contributed by atoms with E-state index in [9.17, 15) is 0 Å². The first kappa shape index (κ1) is 14.7. The molecule has 0 saturated heterocycles. The van der Waals surface area contributed by atoms with E-state index in [1.54, 1.807) is 17.7 Å². The Balaban J connectivity index is 2.21. The number of hydrogen-bond acceptors (Lipinski definition) is 6. The summed E-state index contributed by atoms with van der Waals surface area (Å²) in [4.78, 5) is 14.3. The summed E-state index contributed by atoms with van der Waals surface area (Å²) in [7, 11) is 0. The van der Waals surface area contributed by atoms with Crippen LogP contribution in [0.15, 0.2) is 6.33 Å². The molecule has 2 heterocycles. The van der Waals surface area contributed by atoms with E-state index in [1.807, 2.05) is 20.8 Å². The van der Waals surface area contributed by atoms with Crippen LogP contribution in [0.1, 0.15) is 41.0 Å². The summed E-state index contributed by atoms with van der Waals surface area (Å²) in [6, 6.07) is 0.185.